The van der Waals surface area contributed by atoms with E-state index < -0.39 is 0 Å². The third-order valence-electron chi connectivity index (χ3n) is 2.38. The van der Waals surface area contributed by atoms with Gasteiger partial charge in [0.2, 0.25) is 0 Å². The van der Waals surface area contributed by atoms with Crippen LogP contribution in [0.4, 0.5) is 0 Å². The van der Waals surface area contributed by atoms with E-state index in [9.17, 15) is 0 Å². The van der Waals surface area contributed by atoms with E-state index in [2.05, 4.69) is 10.3 Å². The van der Waals surface area contributed by atoms with Crippen molar-refractivity contribution in [3.8, 4) is 0 Å². The van der Waals surface area contributed by atoms with Gasteiger partial charge in [-0.15, -0.1) is 0 Å². The van der Waals surface area contributed by atoms with Crippen LogP contribution in [0, 0.1) is 5.92 Å². The highest BCUT2D eigenvalue weighted by Gasteiger charge is 2.17. The minimum absolute atomic E-state index is 0.0596. The summed E-state index contributed by atoms with van der Waals surface area (Å²) in [5, 5.41) is 12.1. The third kappa shape index (κ3) is 2.08. The molecule has 0 bridgehead atoms. The van der Waals surface area contributed by atoms with Crippen molar-refractivity contribution in [2.24, 2.45) is 5.92 Å². The van der Waals surface area contributed by atoms with Gasteiger partial charge in [-0.1, -0.05) is 0 Å². The van der Waals surface area contributed by atoms with Crippen molar-refractivity contribution < 1.29 is 9.52 Å². The van der Waals surface area contributed by atoms with Crippen LogP contribution in [0.2, 0.25) is 0 Å². The van der Waals surface area contributed by atoms with Gasteiger partial charge < -0.3 is 14.8 Å². The van der Waals surface area contributed by atoms with E-state index >= 15 is 0 Å². The first kappa shape index (κ1) is 8.72. The monoisotopic (exact) mass is 182 g/mol. The average Bonchev–Trinajstić information content (AvgIpc) is 2.76. The fourth-order valence-electron chi connectivity index (χ4n) is 1.65. The number of oxazole rings is 1. The topological polar surface area (TPSA) is 58.3 Å². The number of aromatic nitrogens is 1. The lowest BCUT2D eigenvalue weighted by Gasteiger charge is -2.02. The van der Waals surface area contributed by atoms with Crippen molar-refractivity contribution in [2.75, 3.05) is 13.1 Å². The van der Waals surface area contributed by atoms with Crippen molar-refractivity contribution in [3.05, 3.63) is 17.8 Å². The van der Waals surface area contributed by atoms with Gasteiger partial charge in [-0.3, -0.25) is 0 Å². The Morgan fingerprint density at radius 2 is 2.62 bits per heavy atom. The number of aliphatic hydroxyl groups is 1. The molecule has 72 valence electrons. The molecule has 1 aliphatic heterocycles. The molecule has 1 saturated heterocycles. The standard InChI is InChI=1S/C9H14N2O2/c12-6-8-5-11-9(13-8)3-7-1-2-10-4-7/h5,7,10,12H,1-4,6H2. The molecule has 1 aromatic heterocycles. The Kier molecular flexibility index (Phi) is 2.61. The number of aliphatic hydroxyl groups excluding tert-OH is 1. The van der Waals surface area contributed by atoms with E-state index in [0.717, 1.165) is 25.4 Å². The van der Waals surface area contributed by atoms with Crippen LogP contribution in [0.3, 0.4) is 0 Å². The van der Waals surface area contributed by atoms with Gasteiger partial charge >= 0.3 is 0 Å². The minimum atomic E-state index is -0.0596. The largest absolute Gasteiger partial charge is 0.443 e. The van der Waals surface area contributed by atoms with Gasteiger partial charge in [-0.2, -0.15) is 0 Å². The molecule has 1 aliphatic rings. The Morgan fingerprint density at radius 3 is 3.23 bits per heavy atom. The molecule has 2 heterocycles. The van der Waals surface area contributed by atoms with Gasteiger partial charge in [0.1, 0.15) is 12.4 Å². The minimum Gasteiger partial charge on any atom is -0.443 e. The molecule has 0 aliphatic carbocycles. The molecule has 0 amide bonds. The third-order valence-corrected chi connectivity index (χ3v) is 2.38. The van der Waals surface area contributed by atoms with Gasteiger partial charge in [0.15, 0.2) is 5.89 Å². The molecule has 0 saturated carbocycles. The van der Waals surface area contributed by atoms with Crippen molar-refractivity contribution in [2.45, 2.75) is 19.4 Å². The number of hydrogen-bond donors (Lipinski definition) is 2. The predicted octanol–water partition coefficient (Wildman–Crippen LogP) is 0.319. The van der Waals surface area contributed by atoms with Crippen molar-refractivity contribution >= 4 is 0 Å². The van der Waals surface area contributed by atoms with Gasteiger partial charge in [-0.05, 0) is 25.4 Å². The zero-order valence-corrected chi connectivity index (χ0v) is 7.49. The van der Waals surface area contributed by atoms with Crippen LogP contribution in [-0.2, 0) is 13.0 Å². The molecule has 4 heteroatoms. The summed E-state index contributed by atoms with van der Waals surface area (Å²) in [7, 11) is 0. The molecule has 1 atom stereocenters. The lowest BCUT2D eigenvalue weighted by Crippen LogP contribution is -2.10. The highest BCUT2D eigenvalue weighted by molar-refractivity contribution is 4.94. The Morgan fingerprint density at radius 1 is 1.69 bits per heavy atom. The van der Waals surface area contributed by atoms with E-state index in [0.29, 0.717) is 11.7 Å². The molecular weight excluding hydrogens is 168 g/mol. The van der Waals surface area contributed by atoms with Gasteiger partial charge in [-0.25, -0.2) is 4.98 Å². The second kappa shape index (κ2) is 3.89. The summed E-state index contributed by atoms with van der Waals surface area (Å²) >= 11 is 0. The van der Waals surface area contributed by atoms with Crippen molar-refractivity contribution in [1.82, 2.24) is 10.3 Å². The maximum absolute atomic E-state index is 8.77. The molecule has 4 nitrogen and oxygen atoms in total. The fourth-order valence-corrected chi connectivity index (χ4v) is 1.65. The first-order valence-corrected chi connectivity index (χ1v) is 4.63. The molecule has 1 aromatic rings. The average molecular weight is 182 g/mol. The first-order valence-electron chi connectivity index (χ1n) is 4.63. The summed E-state index contributed by atoms with van der Waals surface area (Å²) < 4.78 is 5.31. The summed E-state index contributed by atoms with van der Waals surface area (Å²) in [5.41, 5.74) is 0. The van der Waals surface area contributed by atoms with E-state index in [4.69, 9.17) is 9.52 Å². The van der Waals surface area contributed by atoms with Crippen LogP contribution in [0.5, 0.6) is 0 Å². The second-order valence-corrected chi connectivity index (χ2v) is 3.44. The molecule has 0 aromatic carbocycles. The number of nitrogens with one attached hydrogen (secondary N) is 1. The summed E-state index contributed by atoms with van der Waals surface area (Å²) in [4.78, 5) is 4.10. The summed E-state index contributed by atoms with van der Waals surface area (Å²) in [6, 6.07) is 0. The SMILES string of the molecule is OCc1cnc(CC2CCNC2)o1. The molecule has 2 N–H and O–H groups in total. The first-order chi connectivity index (χ1) is 6.38. The van der Waals surface area contributed by atoms with E-state index in [1.54, 1.807) is 6.20 Å². The molecule has 0 radical (unpaired) electrons. The summed E-state index contributed by atoms with van der Waals surface area (Å²) in [5.74, 6) is 1.95. The number of hydrogen-bond acceptors (Lipinski definition) is 4. The van der Waals surface area contributed by atoms with E-state index in [-0.39, 0.29) is 6.61 Å². The van der Waals surface area contributed by atoms with Crippen molar-refractivity contribution in [1.29, 1.82) is 0 Å². The lowest BCUT2D eigenvalue weighted by atomic mass is 10.1. The Bertz CT molecular complexity index is 266. The van der Waals surface area contributed by atoms with Crippen LogP contribution in [-0.4, -0.2) is 23.2 Å². The number of nitrogens with zero attached hydrogens (tertiary/aromatic N) is 1. The highest BCUT2D eigenvalue weighted by Crippen LogP contribution is 2.15. The van der Waals surface area contributed by atoms with Crippen LogP contribution in [0.1, 0.15) is 18.1 Å². The molecular formula is C9H14N2O2. The zero-order valence-electron chi connectivity index (χ0n) is 7.49. The lowest BCUT2D eigenvalue weighted by molar-refractivity contribution is 0.241. The van der Waals surface area contributed by atoms with Crippen molar-refractivity contribution in [3.63, 3.8) is 0 Å². The molecule has 0 spiro atoms. The van der Waals surface area contributed by atoms with Gasteiger partial charge in [0.25, 0.3) is 0 Å². The Balaban J connectivity index is 1.92. The molecule has 13 heavy (non-hydrogen) atoms. The van der Waals surface area contributed by atoms with Crippen LogP contribution in [0.25, 0.3) is 0 Å². The Hall–Kier alpha value is -0.870. The summed E-state index contributed by atoms with van der Waals surface area (Å²) in [6.45, 7) is 2.09. The predicted molar refractivity (Wildman–Crippen MR) is 47.1 cm³/mol. The maximum atomic E-state index is 8.77. The normalized spacial score (nSPS) is 22.4. The zero-order chi connectivity index (χ0) is 9.10. The number of rotatable bonds is 3. The fraction of sp³-hybridized carbons (Fsp3) is 0.667. The second-order valence-electron chi connectivity index (χ2n) is 3.44. The van der Waals surface area contributed by atoms with Crippen LogP contribution >= 0.6 is 0 Å². The molecule has 1 unspecified atom stereocenters. The maximum Gasteiger partial charge on any atom is 0.194 e. The highest BCUT2D eigenvalue weighted by atomic mass is 16.4. The van der Waals surface area contributed by atoms with Crippen LogP contribution < -0.4 is 5.32 Å². The summed E-state index contributed by atoms with van der Waals surface area (Å²) in [6.07, 6.45) is 3.67. The quantitative estimate of drug-likeness (QED) is 0.706. The molecule has 1 fully saturated rings. The molecule has 2 rings (SSSR count). The van der Waals surface area contributed by atoms with Gasteiger partial charge in [0, 0.05) is 6.42 Å². The van der Waals surface area contributed by atoms with Gasteiger partial charge in [0.05, 0.1) is 6.20 Å². The van der Waals surface area contributed by atoms with Crippen LogP contribution in [0.15, 0.2) is 10.6 Å². The van der Waals surface area contributed by atoms with E-state index in [1.165, 1.54) is 6.42 Å². The Labute approximate surface area is 77.0 Å². The van der Waals surface area contributed by atoms with E-state index in [1.807, 2.05) is 0 Å². The smallest absolute Gasteiger partial charge is 0.194 e.